The van der Waals surface area contributed by atoms with Gasteiger partial charge in [-0.15, -0.1) is 0 Å². The third kappa shape index (κ3) is 3.57. The first-order valence-electron chi connectivity index (χ1n) is 6.51. The Kier molecular flexibility index (Phi) is 4.35. The normalized spacial score (nSPS) is 11.8. The molecule has 4 nitrogen and oxygen atoms in total. The van der Waals surface area contributed by atoms with Gasteiger partial charge in [-0.05, 0) is 44.5 Å². The number of benzene rings is 1. The van der Waals surface area contributed by atoms with Crippen LogP contribution in [0.25, 0.3) is 0 Å². The lowest BCUT2D eigenvalue weighted by Crippen LogP contribution is -2.30. The van der Waals surface area contributed by atoms with Gasteiger partial charge in [0.05, 0.1) is 11.9 Å². The van der Waals surface area contributed by atoms with Gasteiger partial charge in [0, 0.05) is 6.20 Å². The molecule has 1 heterocycles. The molecule has 2 rings (SSSR count). The second kappa shape index (κ2) is 6.19. The molecule has 0 spiro atoms. The second-order valence-corrected chi connectivity index (χ2v) is 4.76. The largest absolute Gasteiger partial charge is 0.481 e. The number of anilines is 1. The number of ether oxygens (including phenoxy) is 1. The highest BCUT2D eigenvalue weighted by Crippen LogP contribution is 2.20. The van der Waals surface area contributed by atoms with Gasteiger partial charge in [-0.1, -0.05) is 17.7 Å². The van der Waals surface area contributed by atoms with Crippen molar-refractivity contribution in [1.29, 1.82) is 0 Å². The van der Waals surface area contributed by atoms with Crippen molar-refractivity contribution in [2.45, 2.75) is 26.9 Å². The van der Waals surface area contributed by atoms with E-state index in [2.05, 4.69) is 10.3 Å². The molecule has 2 aromatic rings. The molecule has 1 amide bonds. The number of amides is 1. The van der Waals surface area contributed by atoms with Crippen molar-refractivity contribution in [3.8, 4) is 5.75 Å². The monoisotopic (exact) mass is 270 g/mol. The fourth-order valence-electron chi connectivity index (χ4n) is 1.86. The maximum atomic E-state index is 12.0. The molecule has 0 saturated heterocycles. The molecule has 0 saturated carbocycles. The molecule has 1 aromatic heterocycles. The predicted octanol–water partition coefficient (Wildman–Crippen LogP) is 3.10. The van der Waals surface area contributed by atoms with Gasteiger partial charge in [-0.25, -0.2) is 0 Å². The maximum absolute atomic E-state index is 12.0. The van der Waals surface area contributed by atoms with Gasteiger partial charge in [0.15, 0.2) is 6.10 Å². The molecule has 1 N–H and O–H groups in total. The number of hydrogen-bond acceptors (Lipinski definition) is 3. The number of aromatic nitrogens is 1. The molecule has 0 bridgehead atoms. The molecular weight excluding hydrogens is 252 g/mol. The Balaban J connectivity index is 2.00. The topological polar surface area (TPSA) is 51.2 Å². The fourth-order valence-corrected chi connectivity index (χ4v) is 1.86. The van der Waals surface area contributed by atoms with Crippen LogP contribution in [0.1, 0.15) is 18.1 Å². The highest BCUT2D eigenvalue weighted by atomic mass is 16.5. The van der Waals surface area contributed by atoms with Crippen molar-refractivity contribution >= 4 is 11.6 Å². The number of nitrogens with zero attached hydrogens (tertiary/aromatic N) is 1. The van der Waals surface area contributed by atoms with E-state index >= 15 is 0 Å². The fraction of sp³-hybridized carbons (Fsp3) is 0.250. The van der Waals surface area contributed by atoms with E-state index in [1.165, 1.54) is 5.56 Å². The Labute approximate surface area is 118 Å². The minimum atomic E-state index is -0.573. The van der Waals surface area contributed by atoms with E-state index in [1.54, 1.807) is 31.5 Å². The van der Waals surface area contributed by atoms with E-state index in [0.29, 0.717) is 5.69 Å². The number of rotatable bonds is 4. The van der Waals surface area contributed by atoms with Gasteiger partial charge < -0.3 is 10.1 Å². The third-order valence-corrected chi connectivity index (χ3v) is 2.93. The van der Waals surface area contributed by atoms with Gasteiger partial charge in [-0.2, -0.15) is 0 Å². The van der Waals surface area contributed by atoms with Crippen molar-refractivity contribution in [2.24, 2.45) is 0 Å². The highest BCUT2D eigenvalue weighted by molar-refractivity contribution is 5.93. The van der Waals surface area contributed by atoms with Crippen LogP contribution < -0.4 is 10.1 Å². The molecule has 4 heteroatoms. The van der Waals surface area contributed by atoms with Crippen LogP contribution in [0.5, 0.6) is 5.75 Å². The van der Waals surface area contributed by atoms with Crippen molar-refractivity contribution in [2.75, 3.05) is 5.32 Å². The lowest BCUT2D eigenvalue weighted by atomic mass is 10.1. The molecule has 0 unspecified atom stereocenters. The van der Waals surface area contributed by atoms with E-state index < -0.39 is 6.10 Å². The van der Waals surface area contributed by atoms with E-state index in [4.69, 9.17) is 4.74 Å². The van der Waals surface area contributed by atoms with Crippen LogP contribution in [-0.4, -0.2) is 17.0 Å². The molecule has 0 aliphatic carbocycles. The van der Waals surface area contributed by atoms with Gasteiger partial charge in [0.25, 0.3) is 5.91 Å². The lowest BCUT2D eigenvalue weighted by molar-refractivity contribution is -0.122. The molecule has 1 atom stereocenters. The summed E-state index contributed by atoms with van der Waals surface area (Å²) in [7, 11) is 0. The molecule has 0 aliphatic rings. The summed E-state index contributed by atoms with van der Waals surface area (Å²) in [5.41, 5.74) is 2.85. The number of aryl methyl sites for hydroxylation is 2. The molecule has 1 aromatic carbocycles. The summed E-state index contributed by atoms with van der Waals surface area (Å²) < 4.78 is 5.70. The Bertz CT molecular complexity index is 597. The average molecular weight is 270 g/mol. The number of carbonyl (C=O) groups is 1. The van der Waals surface area contributed by atoms with E-state index in [1.807, 2.05) is 32.0 Å². The SMILES string of the molecule is Cc1ccc(O[C@H](C)C(=O)Nc2cccnc2)c(C)c1. The predicted molar refractivity (Wildman–Crippen MR) is 78.9 cm³/mol. The summed E-state index contributed by atoms with van der Waals surface area (Å²) in [5.74, 6) is 0.530. The Morgan fingerprint density at radius 2 is 2.10 bits per heavy atom. The van der Waals surface area contributed by atoms with Gasteiger partial charge >= 0.3 is 0 Å². The minimum Gasteiger partial charge on any atom is -0.481 e. The van der Waals surface area contributed by atoms with Crippen LogP contribution in [-0.2, 0) is 4.79 Å². The Hall–Kier alpha value is -2.36. The molecule has 0 fully saturated rings. The van der Waals surface area contributed by atoms with Crippen molar-refractivity contribution < 1.29 is 9.53 Å². The van der Waals surface area contributed by atoms with Crippen molar-refractivity contribution in [3.63, 3.8) is 0 Å². The first-order valence-corrected chi connectivity index (χ1v) is 6.51. The molecular formula is C16H18N2O2. The van der Waals surface area contributed by atoms with Crippen LogP contribution in [0.4, 0.5) is 5.69 Å². The zero-order valence-electron chi connectivity index (χ0n) is 11.9. The number of carbonyl (C=O) groups excluding carboxylic acids is 1. The zero-order chi connectivity index (χ0) is 14.5. The van der Waals surface area contributed by atoms with Crippen LogP contribution in [0.2, 0.25) is 0 Å². The Morgan fingerprint density at radius 1 is 1.30 bits per heavy atom. The van der Waals surface area contributed by atoms with Crippen LogP contribution in [0.15, 0.2) is 42.7 Å². The van der Waals surface area contributed by atoms with E-state index in [9.17, 15) is 4.79 Å². The minimum absolute atomic E-state index is 0.196. The summed E-state index contributed by atoms with van der Waals surface area (Å²) in [5, 5.41) is 2.77. The standard InChI is InChI=1S/C16H18N2O2/c1-11-6-7-15(12(2)9-11)20-13(3)16(19)18-14-5-4-8-17-10-14/h4-10,13H,1-3H3,(H,18,19)/t13-/m1/s1. The first kappa shape index (κ1) is 14.1. The van der Waals surface area contributed by atoms with Gasteiger partial charge in [0.1, 0.15) is 5.75 Å². The summed E-state index contributed by atoms with van der Waals surface area (Å²) in [4.78, 5) is 16.0. The summed E-state index contributed by atoms with van der Waals surface area (Å²) in [6, 6.07) is 9.44. The number of nitrogens with one attached hydrogen (secondary N) is 1. The molecule has 0 radical (unpaired) electrons. The lowest BCUT2D eigenvalue weighted by Gasteiger charge is -2.16. The van der Waals surface area contributed by atoms with E-state index in [0.717, 1.165) is 11.3 Å². The smallest absolute Gasteiger partial charge is 0.265 e. The quantitative estimate of drug-likeness (QED) is 0.928. The highest BCUT2D eigenvalue weighted by Gasteiger charge is 2.15. The van der Waals surface area contributed by atoms with Crippen molar-refractivity contribution in [1.82, 2.24) is 4.98 Å². The Morgan fingerprint density at radius 3 is 2.75 bits per heavy atom. The second-order valence-electron chi connectivity index (χ2n) is 4.76. The zero-order valence-corrected chi connectivity index (χ0v) is 11.9. The molecule has 104 valence electrons. The van der Waals surface area contributed by atoms with Crippen LogP contribution in [0.3, 0.4) is 0 Å². The summed E-state index contributed by atoms with van der Waals surface area (Å²) in [6.45, 7) is 5.72. The third-order valence-electron chi connectivity index (χ3n) is 2.93. The molecule has 0 aliphatic heterocycles. The van der Waals surface area contributed by atoms with Crippen molar-refractivity contribution in [3.05, 3.63) is 53.9 Å². The van der Waals surface area contributed by atoms with E-state index in [-0.39, 0.29) is 5.91 Å². The number of hydrogen-bond donors (Lipinski definition) is 1. The number of pyridine rings is 1. The van der Waals surface area contributed by atoms with Crippen LogP contribution >= 0.6 is 0 Å². The van der Waals surface area contributed by atoms with Gasteiger partial charge in [0.2, 0.25) is 0 Å². The van der Waals surface area contributed by atoms with Gasteiger partial charge in [-0.3, -0.25) is 9.78 Å². The van der Waals surface area contributed by atoms with Crippen LogP contribution in [0, 0.1) is 13.8 Å². The molecule has 20 heavy (non-hydrogen) atoms. The maximum Gasteiger partial charge on any atom is 0.265 e. The summed E-state index contributed by atoms with van der Waals surface area (Å²) >= 11 is 0. The summed E-state index contributed by atoms with van der Waals surface area (Å²) in [6.07, 6.45) is 2.68. The first-order chi connectivity index (χ1) is 9.56. The average Bonchev–Trinajstić information content (AvgIpc) is 2.43.